The van der Waals surface area contributed by atoms with Crippen LogP contribution in [0.5, 0.6) is 0 Å². The maximum atomic E-state index is 12.1. The van der Waals surface area contributed by atoms with E-state index in [1.807, 2.05) is 13.8 Å². The molecule has 0 saturated heterocycles. The summed E-state index contributed by atoms with van der Waals surface area (Å²) in [6.45, 7) is 9.11. The van der Waals surface area contributed by atoms with Gasteiger partial charge in [-0.15, -0.1) is 0 Å². The molecule has 1 atom stereocenters. The smallest absolute Gasteiger partial charge is 0.329 e. The molecule has 0 aromatic carbocycles. The second-order valence-electron chi connectivity index (χ2n) is 6.12. The topological polar surface area (TPSA) is 73.2 Å². The normalized spacial score (nSPS) is 13.2. The van der Waals surface area contributed by atoms with Gasteiger partial charge in [0, 0.05) is 7.05 Å². The van der Waals surface area contributed by atoms with Crippen molar-refractivity contribution < 1.29 is 14.3 Å². The van der Waals surface area contributed by atoms with Gasteiger partial charge in [-0.1, -0.05) is 13.8 Å². The van der Waals surface area contributed by atoms with E-state index in [-0.39, 0.29) is 11.8 Å². The van der Waals surface area contributed by atoms with E-state index < -0.39 is 17.6 Å². The molecule has 0 saturated carbocycles. The molecule has 0 aliphatic rings. The number of ether oxygens (including phenoxy) is 1. The summed E-state index contributed by atoms with van der Waals surface area (Å²) in [7, 11) is 1.72. The predicted molar refractivity (Wildman–Crippen MR) is 75.1 cm³/mol. The highest BCUT2D eigenvalue weighted by Crippen LogP contribution is 2.13. The minimum atomic E-state index is -0.684. The number of hydrogen-bond acceptors (Lipinski definition) is 4. The fraction of sp³-hybridized carbons (Fsp3) is 0.643. The van der Waals surface area contributed by atoms with Crippen LogP contribution in [0.2, 0.25) is 0 Å². The van der Waals surface area contributed by atoms with E-state index in [4.69, 9.17) is 4.74 Å². The number of aromatic nitrogens is 2. The van der Waals surface area contributed by atoms with Gasteiger partial charge in [-0.05, 0) is 26.7 Å². The summed E-state index contributed by atoms with van der Waals surface area (Å²) in [5.74, 6) is -0.834. The summed E-state index contributed by atoms with van der Waals surface area (Å²) in [6, 6.07) is -0.684. The molecule has 1 aromatic heterocycles. The Kier molecular flexibility index (Phi) is 4.92. The zero-order valence-electron chi connectivity index (χ0n) is 12.9. The Labute approximate surface area is 119 Å². The first-order valence-corrected chi connectivity index (χ1v) is 6.62. The summed E-state index contributed by atoms with van der Waals surface area (Å²) < 4.78 is 6.93. The molecule has 1 heterocycles. The lowest BCUT2D eigenvalue weighted by molar-refractivity contribution is -0.158. The van der Waals surface area contributed by atoms with Crippen molar-refractivity contribution in [3.05, 3.63) is 18.2 Å². The third-order valence-corrected chi connectivity index (χ3v) is 2.66. The lowest BCUT2D eigenvalue weighted by atomic mass is 10.0. The van der Waals surface area contributed by atoms with Crippen molar-refractivity contribution in [1.82, 2.24) is 14.9 Å². The molecule has 0 spiro atoms. The summed E-state index contributed by atoms with van der Waals surface area (Å²) in [5, 5.41) is 2.71. The zero-order chi connectivity index (χ0) is 15.5. The Bertz CT molecular complexity index is 486. The number of nitrogens with zero attached hydrogens (tertiary/aromatic N) is 2. The van der Waals surface area contributed by atoms with Gasteiger partial charge >= 0.3 is 5.97 Å². The van der Waals surface area contributed by atoms with E-state index in [0.717, 1.165) is 0 Å². The second-order valence-corrected chi connectivity index (χ2v) is 6.12. The number of hydrogen-bond donors (Lipinski definition) is 1. The third-order valence-electron chi connectivity index (χ3n) is 2.66. The minimum Gasteiger partial charge on any atom is -0.458 e. The van der Waals surface area contributed by atoms with Gasteiger partial charge < -0.3 is 14.6 Å². The first kappa shape index (κ1) is 16.2. The van der Waals surface area contributed by atoms with Gasteiger partial charge in [0.25, 0.3) is 5.91 Å². The SMILES string of the molecule is CC(C)[C@H](NC(=O)c1cncn1C)C(=O)OC(C)(C)C. The monoisotopic (exact) mass is 281 g/mol. The highest BCUT2D eigenvalue weighted by Gasteiger charge is 2.29. The summed E-state index contributed by atoms with van der Waals surface area (Å²) >= 11 is 0. The Morgan fingerprint density at radius 1 is 1.35 bits per heavy atom. The number of rotatable bonds is 4. The molecular weight excluding hydrogens is 258 g/mol. The summed E-state index contributed by atoms with van der Waals surface area (Å²) in [5.41, 5.74) is -0.180. The number of carbonyl (C=O) groups excluding carboxylic acids is 2. The standard InChI is InChI=1S/C14H23N3O3/c1-9(2)11(13(19)20-14(3,4)5)16-12(18)10-7-15-8-17(10)6/h7-9,11H,1-6H3,(H,16,18)/t11-/m0/s1. The quantitative estimate of drug-likeness (QED) is 0.849. The van der Waals surface area contributed by atoms with Crippen LogP contribution >= 0.6 is 0 Å². The molecule has 0 unspecified atom stereocenters. The van der Waals surface area contributed by atoms with E-state index >= 15 is 0 Å². The van der Waals surface area contributed by atoms with Gasteiger partial charge in [0.15, 0.2) is 0 Å². The van der Waals surface area contributed by atoms with Gasteiger partial charge in [0.2, 0.25) is 0 Å². The second kappa shape index (κ2) is 6.07. The fourth-order valence-corrected chi connectivity index (χ4v) is 1.65. The average Bonchev–Trinajstić information content (AvgIpc) is 2.69. The average molecular weight is 281 g/mol. The zero-order valence-corrected chi connectivity index (χ0v) is 12.9. The van der Waals surface area contributed by atoms with E-state index in [2.05, 4.69) is 10.3 Å². The van der Waals surface area contributed by atoms with Gasteiger partial charge in [-0.25, -0.2) is 9.78 Å². The lowest BCUT2D eigenvalue weighted by Crippen LogP contribution is -2.47. The molecule has 1 rings (SSSR count). The number of esters is 1. The van der Waals surface area contributed by atoms with E-state index in [0.29, 0.717) is 5.69 Å². The van der Waals surface area contributed by atoms with Crippen molar-refractivity contribution in [3.8, 4) is 0 Å². The Morgan fingerprint density at radius 2 is 1.95 bits per heavy atom. The first-order chi connectivity index (χ1) is 9.11. The molecule has 0 bridgehead atoms. The number of nitrogens with one attached hydrogen (secondary N) is 1. The van der Waals surface area contributed by atoms with Crippen LogP contribution in [0.15, 0.2) is 12.5 Å². The molecule has 0 fully saturated rings. The minimum absolute atomic E-state index is 0.0676. The van der Waals surface area contributed by atoms with Gasteiger partial charge in [-0.2, -0.15) is 0 Å². The van der Waals surface area contributed by atoms with Crippen LogP contribution in [0.4, 0.5) is 0 Å². The van der Waals surface area contributed by atoms with E-state index in [1.54, 1.807) is 32.4 Å². The van der Waals surface area contributed by atoms with Crippen molar-refractivity contribution in [2.45, 2.75) is 46.3 Å². The van der Waals surface area contributed by atoms with Crippen molar-refractivity contribution in [3.63, 3.8) is 0 Å². The van der Waals surface area contributed by atoms with Crippen LogP contribution in [0.3, 0.4) is 0 Å². The molecule has 1 amide bonds. The van der Waals surface area contributed by atoms with E-state index in [9.17, 15) is 9.59 Å². The lowest BCUT2D eigenvalue weighted by Gasteiger charge is -2.26. The number of carbonyl (C=O) groups is 2. The van der Waals surface area contributed by atoms with Crippen LogP contribution in [0.1, 0.15) is 45.1 Å². The Balaban J connectivity index is 2.81. The van der Waals surface area contributed by atoms with Crippen LogP contribution in [0.25, 0.3) is 0 Å². The van der Waals surface area contributed by atoms with Crippen molar-refractivity contribution in [1.29, 1.82) is 0 Å². The molecule has 20 heavy (non-hydrogen) atoms. The first-order valence-electron chi connectivity index (χ1n) is 6.62. The highest BCUT2D eigenvalue weighted by atomic mass is 16.6. The van der Waals surface area contributed by atoms with Crippen LogP contribution in [-0.4, -0.2) is 33.1 Å². The Hall–Kier alpha value is -1.85. The maximum absolute atomic E-state index is 12.1. The van der Waals surface area contributed by atoms with Crippen LogP contribution in [-0.2, 0) is 16.6 Å². The van der Waals surface area contributed by atoms with Crippen molar-refractivity contribution in [2.75, 3.05) is 0 Å². The predicted octanol–water partition coefficient (Wildman–Crippen LogP) is 1.52. The molecule has 0 aliphatic heterocycles. The fourth-order valence-electron chi connectivity index (χ4n) is 1.65. The number of aryl methyl sites for hydroxylation is 1. The highest BCUT2D eigenvalue weighted by molar-refractivity contribution is 5.95. The number of imidazole rings is 1. The molecule has 112 valence electrons. The van der Waals surface area contributed by atoms with Crippen molar-refractivity contribution in [2.24, 2.45) is 13.0 Å². The van der Waals surface area contributed by atoms with Crippen LogP contribution < -0.4 is 5.32 Å². The number of amides is 1. The van der Waals surface area contributed by atoms with Gasteiger partial charge in [0.05, 0.1) is 12.5 Å². The van der Waals surface area contributed by atoms with Crippen LogP contribution in [0, 0.1) is 5.92 Å². The summed E-state index contributed by atoms with van der Waals surface area (Å²) in [6.07, 6.45) is 2.99. The Morgan fingerprint density at radius 3 is 2.35 bits per heavy atom. The maximum Gasteiger partial charge on any atom is 0.329 e. The largest absolute Gasteiger partial charge is 0.458 e. The molecule has 0 aliphatic carbocycles. The molecular formula is C14H23N3O3. The molecule has 6 heteroatoms. The molecule has 1 N–H and O–H groups in total. The third kappa shape index (κ3) is 4.36. The summed E-state index contributed by atoms with van der Waals surface area (Å²) in [4.78, 5) is 28.1. The van der Waals surface area contributed by atoms with Crippen molar-refractivity contribution >= 4 is 11.9 Å². The molecule has 1 aromatic rings. The van der Waals surface area contributed by atoms with Gasteiger partial charge in [0.1, 0.15) is 17.3 Å². The molecule has 6 nitrogen and oxygen atoms in total. The van der Waals surface area contributed by atoms with E-state index in [1.165, 1.54) is 12.5 Å². The molecule has 0 radical (unpaired) electrons. The van der Waals surface area contributed by atoms with Gasteiger partial charge in [-0.3, -0.25) is 4.79 Å².